The molecule has 1 saturated carbocycles. The lowest BCUT2D eigenvalue weighted by Gasteiger charge is -2.26. The first kappa shape index (κ1) is 21.0. The number of hydrogen-bond acceptors (Lipinski definition) is 5. The zero-order chi connectivity index (χ0) is 21.9. The number of nitrogens with two attached hydrogens (primary N) is 1. The number of allylic oxidation sites excluding steroid dienone is 2. The summed E-state index contributed by atoms with van der Waals surface area (Å²) < 4.78 is 1.84. The highest BCUT2D eigenvalue weighted by Gasteiger charge is 2.26. The number of rotatable bonds is 6. The summed E-state index contributed by atoms with van der Waals surface area (Å²) in [5, 5.41) is 4.30. The molecule has 2 aromatic rings. The predicted molar refractivity (Wildman–Crippen MR) is 129 cm³/mol. The van der Waals surface area contributed by atoms with E-state index in [9.17, 15) is 0 Å². The first-order chi connectivity index (χ1) is 15.6. The minimum absolute atomic E-state index is 0.277. The van der Waals surface area contributed by atoms with Crippen molar-refractivity contribution in [3.63, 3.8) is 0 Å². The van der Waals surface area contributed by atoms with Gasteiger partial charge in [0.1, 0.15) is 0 Å². The van der Waals surface area contributed by atoms with Gasteiger partial charge in [-0.05, 0) is 61.3 Å². The molecule has 0 amide bonds. The Morgan fingerprint density at radius 1 is 1.22 bits per heavy atom. The van der Waals surface area contributed by atoms with E-state index in [2.05, 4.69) is 28.3 Å². The fraction of sp³-hybridized carbons (Fsp3) is 0.462. The van der Waals surface area contributed by atoms with E-state index >= 15 is 0 Å². The highest BCUT2D eigenvalue weighted by molar-refractivity contribution is 6.45. The fourth-order valence-corrected chi connectivity index (χ4v) is 5.21. The molecule has 2 aromatic heterocycles. The molecule has 1 aliphatic carbocycles. The van der Waals surface area contributed by atoms with E-state index in [0.29, 0.717) is 6.04 Å². The van der Waals surface area contributed by atoms with Crippen LogP contribution in [0.4, 0.5) is 0 Å². The van der Waals surface area contributed by atoms with Gasteiger partial charge in [-0.2, -0.15) is 5.10 Å². The lowest BCUT2D eigenvalue weighted by Crippen LogP contribution is -2.28. The molecule has 3 aliphatic rings. The van der Waals surface area contributed by atoms with Gasteiger partial charge in [-0.1, -0.05) is 18.9 Å². The molecule has 1 fully saturated rings. The Hall–Kier alpha value is -2.86. The van der Waals surface area contributed by atoms with Crippen molar-refractivity contribution in [2.75, 3.05) is 0 Å². The number of pyridine rings is 1. The molecule has 2 N–H and O–H groups in total. The molecule has 5 rings (SSSR count). The smallest absolute Gasteiger partial charge is 0.0694 e. The van der Waals surface area contributed by atoms with E-state index in [0.717, 1.165) is 42.2 Å². The van der Waals surface area contributed by atoms with E-state index in [1.807, 2.05) is 42.7 Å². The number of aromatic nitrogens is 3. The van der Waals surface area contributed by atoms with Crippen LogP contribution in [0.15, 0.2) is 59.2 Å². The SMILES string of the molecule is Cn1cc(C2=CN=C3C(Cc4ccnc(CCC5CCC[C@@H](N)C5)c4)=NC=CC3C2)cn1. The summed E-state index contributed by atoms with van der Waals surface area (Å²) in [7, 11) is 1.94. The molecule has 166 valence electrons. The zero-order valence-corrected chi connectivity index (χ0v) is 18.8. The Bertz CT molecular complexity index is 1090. The summed E-state index contributed by atoms with van der Waals surface area (Å²) in [5.74, 6) is 1.02. The van der Waals surface area contributed by atoms with Gasteiger partial charge in [-0.15, -0.1) is 0 Å². The Balaban J connectivity index is 1.26. The van der Waals surface area contributed by atoms with Crippen LogP contribution >= 0.6 is 0 Å². The quantitative estimate of drug-likeness (QED) is 0.746. The number of fused-ring (bicyclic) bond motifs is 1. The summed E-state index contributed by atoms with van der Waals surface area (Å²) in [5.41, 5.74) is 13.1. The summed E-state index contributed by atoms with van der Waals surface area (Å²) in [6.07, 6.45) is 20.9. The van der Waals surface area contributed by atoms with E-state index in [-0.39, 0.29) is 5.92 Å². The molecule has 0 aromatic carbocycles. The van der Waals surface area contributed by atoms with Crippen LogP contribution in [0.2, 0.25) is 0 Å². The molecule has 0 spiro atoms. The van der Waals surface area contributed by atoms with Crippen LogP contribution < -0.4 is 5.73 Å². The van der Waals surface area contributed by atoms with Crippen molar-refractivity contribution in [2.24, 2.45) is 34.6 Å². The van der Waals surface area contributed by atoms with Crippen LogP contribution in [0.25, 0.3) is 5.57 Å². The minimum Gasteiger partial charge on any atom is -0.328 e. The molecular weight excluding hydrogens is 396 g/mol. The number of aliphatic imine (C=N–C) groups is 2. The van der Waals surface area contributed by atoms with Crippen molar-refractivity contribution in [1.29, 1.82) is 0 Å². The highest BCUT2D eigenvalue weighted by atomic mass is 15.2. The van der Waals surface area contributed by atoms with Crippen LogP contribution in [0.3, 0.4) is 0 Å². The molecule has 3 atom stereocenters. The number of aryl methyl sites for hydroxylation is 2. The second-order valence-electron chi connectivity index (χ2n) is 9.46. The predicted octanol–water partition coefficient (Wildman–Crippen LogP) is 4.28. The van der Waals surface area contributed by atoms with Crippen molar-refractivity contribution in [1.82, 2.24) is 14.8 Å². The third kappa shape index (κ3) is 4.80. The van der Waals surface area contributed by atoms with Crippen LogP contribution in [-0.2, 0) is 19.9 Å². The van der Waals surface area contributed by atoms with Gasteiger partial charge in [0.25, 0.3) is 0 Å². The van der Waals surface area contributed by atoms with Crippen LogP contribution in [0, 0.1) is 11.8 Å². The largest absolute Gasteiger partial charge is 0.328 e. The Morgan fingerprint density at radius 3 is 3.00 bits per heavy atom. The summed E-state index contributed by atoms with van der Waals surface area (Å²) in [4.78, 5) is 14.2. The van der Waals surface area contributed by atoms with Gasteiger partial charge in [-0.3, -0.25) is 19.7 Å². The fourth-order valence-electron chi connectivity index (χ4n) is 5.21. The van der Waals surface area contributed by atoms with E-state index in [1.165, 1.54) is 48.9 Å². The van der Waals surface area contributed by atoms with E-state index in [4.69, 9.17) is 15.7 Å². The van der Waals surface area contributed by atoms with Gasteiger partial charge in [0.05, 0.1) is 17.6 Å². The first-order valence-corrected chi connectivity index (χ1v) is 11.8. The third-order valence-corrected chi connectivity index (χ3v) is 6.96. The maximum absolute atomic E-state index is 6.16. The second-order valence-corrected chi connectivity index (χ2v) is 9.46. The summed E-state index contributed by atoms with van der Waals surface area (Å²) >= 11 is 0. The summed E-state index contributed by atoms with van der Waals surface area (Å²) in [6, 6.07) is 4.75. The average molecular weight is 429 g/mol. The van der Waals surface area contributed by atoms with Gasteiger partial charge >= 0.3 is 0 Å². The molecule has 0 radical (unpaired) electrons. The molecule has 6 heteroatoms. The molecular formula is C26H32N6. The number of hydrogen-bond donors (Lipinski definition) is 1. The van der Waals surface area contributed by atoms with E-state index in [1.54, 1.807) is 0 Å². The topological polar surface area (TPSA) is 81.5 Å². The third-order valence-electron chi connectivity index (χ3n) is 6.96. The van der Waals surface area contributed by atoms with Crippen molar-refractivity contribution >= 4 is 17.0 Å². The van der Waals surface area contributed by atoms with Crippen LogP contribution in [0.5, 0.6) is 0 Å². The van der Waals surface area contributed by atoms with Gasteiger partial charge in [0.2, 0.25) is 0 Å². The molecule has 4 heterocycles. The maximum Gasteiger partial charge on any atom is 0.0694 e. The average Bonchev–Trinajstić information content (AvgIpc) is 3.24. The minimum atomic E-state index is 0.277. The van der Waals surface area contributed by atoms with Crippen LogP contribution in [0.1, 0.15) is 55.3 Å². The second kappa shape index (κ2) is 9.33. The zero-order valence-electron chi connectivity index (χ0n) is 18.8. The molecule has 6 nitrogen and oxygen atoms in total. The number of nitrogens with zero attached hydrogens (tertiary/aromatic N) is 5. The van der Waals surface area contributed by atoms with Gasteiger partial charge in [0, 0.05) is 61.5 Å². The van der Waals surface area contributed by atoms with E-state index < -0.39 is 0 Å². The van der Waals surface area contributed by atoms with Gasteiger partial charge in [0.15, 0.2) is 0 Å². The Labute approximate surface area is 190 Å². The lowest BCUT2D eigenvalue weighted by molar-refractivity contribution is 0.306. The van der Waals surface area contributed by atoms with Crippen molar-refractivity contribution < 1.29 is 0 Å². The molecule has 0 saturated heterocycles. The molecule has 0 bridgehead atoms. The van der Waals surface area contributed by atoms with Gasteiger partial charge < -0.3 is 5.73 Å². The van der Waals surface area contributed by atoms with Crippen LogP contribution in [-0.4, -0.2) is 32.2 Å². The monoisotopic (exact) mass is 428 g/mol. The standard InChI is InChI=1S/C26H32N6/c1-32-17-22(16-31-32)21-14-20-8-10-29-25(26(20)30-15-21)13-19-7-9-28-24(12-19)6-5-18-3-2-4-23(27)11-18/h7-10,12,15-18,20,23H,2-6,11,13-14,27H2,1H3/t18?,20?,23-/m1/s1. The van der Waals surface area contributed by atoms with Crippen molar-refractivity contribution in [3.05, 3.63) is 66.0 Å². The Kier molecular flexibility index (Phi) is 6.12. The highest BCUT2D eigenvalue weighted by Crippen LogP contribution is 2.31. The Morgan fingerprint density at radius 2 is 2.16 bits per heavy atom. The lowest BCUT2D eigenvalue weighted by atomic mass is 9.83. The maximum atomic E-state index is 6.16. The van der Waals surface area contributed by atoms with Gasteiger partial charge in [-0.25, -0.2) is 0 Å². The van der Waals surface area contributed by atoms with Crippen molar-refractivity contribution in [2.45, 2.75) is 57.4 Å². The normalized spacial score (nSPS) is 25.1. The molecule has 2 aliphatic heterocycles. The van der Waals surface area contributed by atoms with Crippen molar-refractivity contribution in [3.8, 4) is 0 Å². The molecule has 2 unspecified atom stereocenters. The summed E-state index contributed by atoms with van der Waals surface area (Å²) in [6.45, 7) is 0. The first-order valence-electron chi connectivity index (χ1n) is 11.8. The molecule has 32 heavy (non-hydrogen) atoms.